The van der Waals surface area contributed by atoms with Crippen LogP contribution >= 0.6 is 0 Å². The van der Waals surface area contributed by atoms with Crippen molar-refractivity contribution >= 4 is 5.69 Å². The van der Waals surface area contributed by atoms with Crippen LogP contribution in [0.1, 0.15) is 36.4 Å². The summed E-state index contributed by atoms with van der Waals surface area (Å²) in [5, 5.41) is 13.4. The predicted molar refractivity (Wildman–Crippen MR) is 88.8 cm³/mol. The number of aromatic nitrogens is 2. The zero-order valence-corrected chi connectivity index (χ0v) is 14.0. The molecule has 2 aromatic rings. The zero-order chi connectivity index (χ0) is 17.0. The van der Waals surface area contributed by atoms with Crippen LogP contribution in [0.3, 0.4) is 0 Å². The second-order valence-corrected chi connectivity index (χ2v) is 5.36. The van der Waals surface area contributed by atoms with Crippen molar-refractivity contribution in [3.05, 3.63) is 46.1 Å². The number of nitriles is 1. The molecule has 0 N–H and O–H groups in total. The molecule has 5 nitrogen and oxygen atoms in total. The summed E-state index contributed by atoms with van der Waals surface area (Å²) in [6, 6.07) is 5.88. The fourth-order valence-corrected chi connectivity index (χ4v) is 2.69. The van der Waals surface area contributed by atoms with Gasteiger partial charge in [-0.2, -0.15) is 10.4 Å². The predicted octanol–water partition coefficient (Wildman–Crippen LogP) is 4.49. The van der Waals surface area contributed by atoms with E-state index in [2.05, 4.69) is 16.0 Å². The zero-order valence-electron chi connectivity index (χ0n) is 14.0. The monoisotopic (exact) mass is 308 g/mol. The maximum atomic E-state index is 8.95. The van der Waals surface area contributed by atoms with Crippen molar-refractivity contribution in [2.45, 2.75) is 47.1 Å². The van der Waals surface area contributed by atoms with E-state index < -0.39 is 0 Å². The molecule has 0 fully saturated rings. The van der Waals surface area contributed by atoms with E-state index in [-0.39, 0.29) is 6.54 Å². The highest BCUT2D eigenvalue weighted by atomic mass is 16.5. The van der Waals surface area contributed by atoms with Crippen molar-refractivity contribution in [1.82, 2.24) is 9.78 Å². The van der Waals surface area contributed by atoms with Crippen molar-refractivity contribution < 1.29 is 4.74 Å². The highest BCUT2D eigenvalue weighted by molar-refractivity contribution is 5.61. The molecule has 1 heterocycles. The molecule has 2 rings (SSSR count). The molecular formula is C18H20N4O. The number of ether oxygens (including phenoxy) is 1. The van der Waals surface area contributed by atoms with Crippen LogP contribution in [-0.2, 0) is 19.4 Å². The lowest BCUT2D eigenvalue weighted by Crippen LogP contribution is -2.03. The lowest BCUT2D eigenvalue weighted by atomic mass is 10.1. The first-order valence-corrected chi connectivity index (χ1v) is 7.67. The highest BCUT2D eigenvalue weighted by Crippen LogP contribution is 2.34. The first-order chi connectivity index (χ1) is 11.0. The van der Waals surface area contributed by atoms with Crippen LogP contribution in [0.4, 0.5) is 5.69 Å². The summed E-state index contributed by atoms with van der Waals surface area (Å²) in [7, 11) is 0. The molecule has 5 heteroatoms. The molecule has 0 aliphatic heterocycles. The average Bonchev–Trinajstić information content (AvgIpc) is 2.84. The van der Waals surface area contributed by atoms with Gasteiger partial charge in [0.1, 0.15) is 18.0 Å². The first-order valence-electron chi connectivity index (χ1n) is 7.67. The topological polar surface area (TPSA) is 55.2 Å². The first kappa shape index (κ1) is 16.6. The molecule has 0 bridgehead atoms. The Bertz CT molecular complexity index is 783. The smallest absolute Gasteiger partial charge is 0.193 e. The van der Waals surface area contributed by atoms with Gasteiger partial charge in [0.05, 0.1) is 18.3 Å². The second-order valence-electron chi connectivity index (χ2n) is 5.36. The van der Waals surface area contributed by atoms with Crippen LogP contribution in [0.5, 0.6) is 11.5 Å². The summed E-state index contributed by atoms with van der Waals surface area (Å²) < 4.78 is 7.82. The van der Waals surface area contributed by atoms with Gasteiger partial charge in [-0.1, -0.05) is 13.8 Å². The van der Waals surface area contributed by atoms with Gasteiger partial charge in [-0.25, -0.2) is 4.85 Å². The third-order valence-electron chi connectivity index (χ3n) is 3.76. The van der Waals surface area contributed by atoms with Gasteiger partial charge in [-0.3, -0.25) is 4.68 Å². The van der Waals surface area contributed by atoms with Crippen LogP contribution in [0.2, 0.25) is 0 Å². The highest BCUT2D eigenvalue weighted by Gasteiger charge is 2.18. The minimum Gasteiger partial charge on any atom is -0.454 e. The van der Waals surface area contributed by atoms with E-state index in [0.717, 1.165) is 41.1 Å². The van der Waals surface area contributed by atoms with E-state index >= 15 is 0 Å². The van der Waals surface area contributed by atoms with E-state index in [1.54, 1.807) is 4.68 Å². The van der Waals surface area contributed by atoms with Crippen LogP contribution in [-0.4, -0.2) is 9.78 Å². The molecule has 0 amide bonds. The Balaban J connectivity index is 2.48. The Hall–Kier alpha value is -2.79. The maximum absolute atomic E-state index is 8.95. The third-order valence-corrected chi connectivity index (χ3v) is 3.76. The molecule has 0 aliphatic carbocycles. The van der Waals surface area contributed by atoms with Crippen LogP contribution < -0.4 is 4.74 Å². The van der Waals surface area contributed by atoms with E-state index in [1.165, 1.54) is 0 Å². The minimum atomic E-state index is 0.217. The van der Waals surface area contributed by atoms with Gasteiger partial charge in [0.25, 0.3) is 0 Å². The number of aryl methyl sites for hydroxylation is 3. The van der Waals surface area contributed by atoms with Gasteiger partial charge in [0, 0.05) is 0 Å². The van der Waals surface area contributed by atoms with Crippen molar-refractivity contribution in [3.63, 3.8) is 0 Å². The third kappa shape index (κ3) is 3.19. The number of hydrogen-bond donors (Lipinski definition) is 0. The molecule has 1 aromatic heterocycles. The maximum Gasteiger partial charge on any atom is 0.193 e. The molecule has 118 valence electrons. The fourth-order valence-electron chi connectivity index (χ4n) is 2.69. The molecule has 0 radical (unpaired) electrons. The standard InChI is InChI=1S/C18H20N4O/c1-6-15-18(16(7-2)22(21-15)9-8-19)23-14-10-12(3)17(20-5)13(4)11-14/h10-11H,6-7,9H2,1-4H3. The van der Waals surface area contributed by atoms with Gasteiger partial charge in [-0.05, 0) is 49.9 Å². The Morgan fingerprint density at radius 3 is 2.39 bits per heavy atom. The van der Waals surface area contributed by atoms with E-state index in [1.807, 2.05) is 39.8 Å². The number of rotatable bonds is 5. The quantitative estimate of drug-likeness (QED) is 0.765. The van der Waals surface area contributed by atoms with Crippen LogP contribution in [0, 0.1) is 31.8 Å². The number of nitrogens with zero attached hydrogens (tertiary/aromatic N) is 4. The van der Waals surface area contributed by atoms with E-state index in [4.69, 9.17) is 16.6 Å². The summed E-state index contributed by atoms with van der Waals surface area (Å²) in [4.78, 5) is 3.56. The van der Waals surface area contributed by atoms with Gasteiger partial charge < -0.3 is 4.74 Å². The summed E-state index contributed by atoms with van der Waals surface area (Å²) in [6.45, 7) is 15.3. The van der Waals surface area contributed by atoms with Gasteiger partial charge in [0.2, 0.25) is 0 Å². The number of benzene rings is 1. The summed E-state index contributed by atoms with van der Waals surface area (Å²) in [5.41, 5.74) is 4.24. The molecule has 0 saturated heterocycles. The Kier molecular flexibility index (Phi) is 5.03. The van der Waals surface area contributed by atoms with E-state index in [0.29, 0.717) is 11.4 Å². The molecule has 0 saturated carbocycles. The fraction of sp³-hybridized carbons (Fsp3) is 0.389. The lowest BCUT2D eigenvalue weighted by Gasteiger charge is -2.11. The van der Waals surface area contributed by atoms with Crippen molar-refractivity contribution in [3.8, 4) is 17.6 Å². The molecule has 0 spiro atoms. The molecule has 23 heavy (non-hydrogen) atoms. The largest absolute Gasteiger partial charge is 0.454 e. The summed E-state index contributed by atoms with van der Waals surface area (Å²) >= 11 is 0. The Labute approximate surface area is 136 Å². The van der Waals surface area contributed by atoms with Gasteiger partial charge >= 0.3 is 0 Å². The molecule has 0 unspecified atom stereocenters. The van der Waals surface area contributed by atoms with Crippen LogP contribution in [0.25, 0.3) is 4.85 Å². The SMILES string of the molecule is [C-]#[N+]c1c(C)cc(Oc2c(CC)nn(CC#N)c2CC)cc1C. The van der Waals surface area contributed by atoms with Crippen LogP contribution in [0.15, 0.2) is 12.1 Å². The Morgan fingerprint density at radius 2 is 1.91 bits per heavy atom. The Morgan fingerprint density at radius 1 is 1.26 bits per heavy atom. The normalized spacial score (nSPS) is 10.2. The average molecular weight is 308 g/mol. The van der Waals surface area contributed by atoms with Gasteiger partial charge in [0.15, 0.2) is 11.4 Å². The van der Waals surface area contributed by atoms with Crippen molar-refractivity contribution in [2.75, 3.05) is 0 Å². The molecular weight excluding hydrogens is 288 g/mol. The molecule has 1 aromatic carbocycles. The van der Waals surface area contributed by atoms with Crippen molar-refractivity contribution in [1.29, 1.82) is 5.26 Å². The minimum absolute atomic E-state index is 0.217. The lowest BCUT2D eigenvalue weighted by molar-refractivity contribution is 0.468. The van der Waals surface area contributed by atoms with Gasteiger partial charge in [-0.15, -0.1) is 0 Å². The summed E-state index contributed by atoms with van der Waals surface area (Å²) in [5.74, 6) is 1.44. The second kappa shape index (κ2) is 6.98. The number of hydrogen-bond acceptors (Lipinski definition) is 3. The van der Waals surface area contributed by atoms with Crippen molar-refractivity contribution in [2.24, 2.45) is 0 Å². The molecule has 0 aliphatic rings. The van der Waals surface area contributed by atoms with E-state index in [9.17, 15) is 0 Å². The summed E-state index contributed by atoms with van der Waals surface area (Å²) in [6.07, 6.45) is 1.47. The molecule has 0 atom stereocenters.